The van der Waals surface area contributed by atoms with Crippen LogP contribution < -0.4 is 11.1 Å². The van der Waals surface area contributed by atoms with E-state index in [2.05, 4.69) is 5.32 Å². The zero-order valence-electron chi connectivity index (χ0n) is 9.92. The molecule has 1 rings (SSSR count). The molecule has 3 nitrogen and oxygen atoms in total. The summed E-state index contributed by atoms with van der Waals surface area (Å²) in [5.41, 5.74) is 5.15. The summed E-state index contributed by atoms with van der Waals surface area (Å²) in [6.07, 6.45) is -3.89. The van der Waals surface area contributed by atoms with Crippen LogP contribution in [-0.4, -0.2) is 11.9 Å². The first-order valence-corrected chi connectivity index (χ1v) is 5.54. The highest BCUT2D eigenvalue weighted by molar-refractivity contribution is 5.81. The fraction of sp³-hybridized carbons (Fsp3) is 0.417. The second-order valence-electron chi connectivity index (χ2n) is 3.93. The first kappa shape index (κ1) is 14.5. The number of benzene rings is 1. The van der Waals surface area contributed by atoms with Gasteiger partial charge in [0, 0.05) is 6.54 Å². The number of carbonyl (C=O) groups is 1. The van der Waals surface area contributed by atoms with E-state index in [1.165, 1.54) is 12.1 Å². The number of halogens is 3. The minimum Gasteiger partial charge on any atom is -0.351 e. The third kappa shape index (κ3) is 4.03. The molecule has 0 radical (unpaired) electrons. The smallest absolute Gasteiger partial charge is 0.351 e. The van der Waals surface area contributed by atoms with Crippen LogP contribution in [-0.2, 0) is 17.5 Å². The zero-order valence-corrected chi connectivity index (χ0v) is 9.92. The van der Waals surface area contributed by atoms with Crippen molar-refractivity contribution in [2.45, 2.75) is 32.1 Å². The van der Waals surface area contributed by atoms with Gasteiger partial charge in [0.25, 0.3) is 0 Å². The molecule has 0 spiro atoms. The fourth-order valence-corrected chi connectivity index (χ4v) is 1.36. The molecule has 1 atom stereocenters. The lowest BCUT2D eigenvalue weighted by molar-refractivity contribution is -0.137. The van der Waals surface area contributed by atoms with E-state index in [4.69, 9.17) is 5.73 Å². The highest BCUT2D eigenvalue weighted by atomic mass is 19.4. The summed E-state index contributed by atoms with van der Waals surface area (Å²) in [7, 11) is 0. The Morgan fingerprint density at radius 1 is 1.44 bits per heavy atom. The molecule has 0 aliphatic carbocycles. The van der Waals surface area contributed by atoms with Gasteiger partial charge in [-0.2, -0.15) is 13.2 Å². The van der Waals surface area contributed by atoms with Gasteiger partial charge < -0.3 is 11.1 Å². The van der Waals surface area contributed by atoms with Gasteiger partial charge >= 0.3 is 6.18 Å². The molecule has 18 heavy (non-hydrogen) atoms. The topological polar surface area (TPSA) is 55.1 Å². The number of nitrogens with one attached hydrogen (secondary N) is 1. The van der Waals surface area contributed by atoms with Gasteiger partial charge in [-0.25, -0.2) is 0 Å². The molecule has 0 fully saturated rings. The monoisotopic (exact) mass is 260 g/mol. The summed E-state index contributed by atoms with van der Waals surface area (Å²) in [4.78, 5) is 11.4. The summed E-state index contributed by atoms with van der Waals surface area (Å²) in [6, 6.07) is 4.20. The quantitative estimate of drug-likeness (QED) is 0.870. The second-order valence-corrected chi connectivity index (χ2v) is 3.93. The van der Waals surface area contributed by atoms with Crippen molar-refractivity contribution in [3.8, 4) is 0 Å². The van der Waals surface area contributed by atoms with Crippen molar-refractivity contribution in [2.75, 3.05) is 0 Å². The molecule has 0 aliphatic rings. The van der Waals surface area contributed by atoms with Crippen LogP contribution in [0.15, 0.2) is 24.3 Å². The van der Waals surface area contributed by atoms with Gasteiger partial charge in [-0.05, 0) is 24.1 Å². The SMILES string of the molecule is CC[C@@H](N)C(=O)NCc1cccc(C(F)(F)F)c1. The number of amides is 1. The van der Waals surface area contributed by atoms with E-state index in [-0.39, 0.29) is 12.5 Å². The van der Waals surface area contributed by atoms with Crippen LogP contribution in [0.5, 0.6) is 0 Å². The lowest BCUT2D eigenvalue weighted by Gasteiger charge is -2.11. The van der Waals surface area contributed by atoms with Gasteiger partial charge in [0.2, 0.25) is 5.91 Å². The molecule has 0 unspecified atom stereocenters. The second kappa shape index (κ2) is 5.86. The van der Waals surface area contributed by atoms with E-state index in [1.807, 2.05) is 0 Å². The predicted molar refractivity (Wildman–Crippen MR) is 61.6 cm³/mol. The Balaban J connectivity index is 2.66. The molecule has 1 aromatic rings. The maximum absolute atomic E-state index is 12.4. The number of hydrogen-bond acceptors (Lipinski definition) is 2. The van der Waals surface area contributed by atoms with Crippen LogP contribution in [0.3, 0.4) is 0 Å². The first-order valence-electron chi connectivity index (χ1n) is 5.54. The molecule has 1 amide bonds. The molecular formula is C12H15F3N2O. The van der Waals surface area contributed by atoms with Crippen LogP contribution in [0.2, 0.25) is 0 Å². The average molecular weight is 260 g/mol. The maximum atomic E-state index is 12.4. The molecular weight excluding hydrogens is 245 g/mol. The van der Waals surface area contributed by atoms with Crippen molar-refractivity contribution in [3.63, 3.8) is 0 Å². The van der Waals surface area contributed by atoms with Gasteiger partial charge in [-0.3, -0.25) is 4.79 Å². The van der Waals surface area contributed by atoms with Crippen molar-refractivity contribution in [1.82, 2.24) is 5.32 Å². The zero-order chi connectivity index (χ0) is 13.8. The van der Waals surface area contributed by atoms with Crippen molar-refractivity contribution < 1.29 is 18.0 Å². The highest BCUT2D eigenvalue weighted by Crippen LogP contribution is 2.29. The fourth-order valence-electron chi connectivity index (χ4n) is 1.36. The lowest BCUT2D eigenvalue weighted by atomic mass is 10.1. The molecule has 0 aromatic heterocycles. The minimum atomic E-state index is -4.38. The van der Waals surface area contributed by atoms with Gasteiger partial charge in [-0.1, -0.05) is 19.1 Å². The Morgan fingerprint density at radius 3 is 2.67 bits per heavy atom. The summed E-state index contributed by atoms with van der Waals surface area (Å²) < 4.78 is 37.3. The summed E-state index contributed by atoms with van der Waals surface area (Å²) >= 11 is 0. The number of alkyl halides is 3. The van der Waals surface area contributed by atoms with Crippen LogP contribution in [0.4, 0.5) is 13.2 Å². The Kier molecular flexibility index (Phi) is 4.72. The van der Waals surface area contributed by atoms with Gasteiger partial charge in [0.1, 0.15) is 0 Å². The van der Waals surface area contributed by atoms with E-state index < -0.39 is 17.8 Å². The number of rotatable bonds is 4. The Labute approximate surface area is 103 Å². The Hall–Kier alpha value is -1.56. The molecule has 6 heteroatoms. The molecule has 0 bridgehead atoms. The normalized spacial score (nSPS) is 13.2. The minimum absolute atomic E-state index is 0.0381. The van der Waals surface area contributed by atoms with Crippen LogP contribution in [0.1, 0.15) is 24.5 Å². The Bertz CT molecular complexity index is 418. The van der Waals surface area contributed by atoms with E-state index >= 15 is 0 Å². The van der Waals surface area contributed by atoms with E-state index in [0.29, 0.717) is 12.0 Å². The Morgan fingerprint density at radius 2 is 2.11 bits per heavy atom. The van der Waals surface area contributed by atoms with Crippen LogP contribution in [0, 0.1) is 0 Å². The molecule has 0 saturated heterocycles. The standard InChI is InChI=1S/C12H15F3N2O/c1-2-10(16)11(18)17-7-8-4-3-5-9(6-8)12(13,14)15/h3-6,10H,2,7,16H2,1H3,(H,17,18)/t10-/m1/s1. The van der Waals surface area contributed by atoms with E-state index in [9.17, 15) is 18.0 Å². The molecule has 3 N–H and O–H groups in total. The predicted octanol–water partition coefficient (Wildman–Crippen LogP) is 2.06. The van der Waals surface area contributed by atoms with Crippen molar-refractivity contribution in [1.29, 1.82) is 0 Å². The van der Waals surface area contributed by atoms with Gasteiger partial charge in [-0.15, -0.1) is 0 Å². The summed E-state index contributed by atoms with van der Waals surface area (Å²) in [5, 5.41) is 2.50. The third-order valence-electron chi connectivity index (χ3n) is 2.50. The first-order chi connectivity index (χ1) is 8.34. The van der Waals surface area contributed by atoms with Gasteiger partial charge in [0.15, 0.2) is 0 Å². The van der Waals surface area contributed by atoms with Gasteiger partial charge in [0.05, 0.1) is 11.6 Å². The molecule has 0 heterocycles. The summed E-state index contributed by atoms with van der Waals surface area (Å²) in [6.45, 7) is 1.80. The largest absolute Gasteiger partial charge is 0.416 e. The van der Waals surface area contributed by atoms with Crippen LogP contribution in [0.25, 0.3) is 0 Å². The number of hydrogen-bond donors (Lipinski definition) is 2. The molecule has 0 aliphatic heterocycles. The molecule has 100 valence electrons. The summed E-state index contributed by atoms with van der Waals surface area (Å²) in [5.74, 6) is -0.366. The van der Waals surface area contributed by atoms with Crippen molar-refractivity contribution in [2.24, 2.45) is 5.73 Å². The number of carbonyl (C=O) groups excluding carboxylic acids is 1. The highest BCUT2D eigenvalue weighted by Gasteiger charge is 2.30. The number of nitrogens with two attached hydrogens (primary N) is 1. The lowest BCUT2D eigenvalue weighted by Crippen LogP contribution is -2.39. The van der Waals surface area contributed by atoms with Crippen LogP contribution >= 0.6 is 0 Å². The van der Waals surface area contributed by atoms with Crippen molar-refractivity contribution >= 4 is 5.91 Å². The van der Waals surface area contributed by atoms with E-state index in [0.717, 1.165) is 12.1 Å². The van der Waals surface area contributed by atoms with Crippen molar-refractivity contribution in [3.05, 3.63) is 35.4 Å². The van der Waals surface area contributed by atoms with E-state index in [1.54, 1.807) is 6.92 Å². The third-order valence-corrected chi connectivity index (χ3v) is 2.50. The maximum Gasteiger partial charge on any atom is 0.416 e. The molecule has 1 aromatic carbocycles. The molecule has 0 saturated carbocycles. The average Bonchev–Trinajstić information content (AvgIpc) is 2.34.